The van der Waals surface area contributed by atoms with Gasteiger partial charge < -0.3 is 24.5 Å². The molecule has 1 aliphatic rings. The first kappa shape index (κ1) is 23.4. The zero-order chi connectivity index (χ0) is 25.2. The number of rotatable bonds is 5. The fraction of sp³-hybridized carbons (Fsp3) is 0.222. The van der Waals surface area contributed by atoms with E-state index in [9.17, 15) is 14.7 Å². The molecule has 9 nitrogen and oxygen atoms in total. The molecular formula is C27H26N4O5. The Morgan fingerprint density at radius 3 is 2.69 bits per heavy atom. The second kappa shape index (κ2) is 9.71. The fourth-order valence-corrected chi connectivity index (χ4v) is 4.52. The number of anilines is 1. The van der Waals surface area contributed by atoms with E-state index in [2.05, 4.69) is 15.3 Å². The number of methoxy groups -OCH3 is 2. The number of likely N-dealkylation sites (tertiary alicyclic amines) is 1. The van der Waals surface area contributed by atoms with Crippen LogP contribution in [-0.2, 0) is 4.74 Å². The zero-order valence-corrected chi connectivity index (χ0v) is 19.9. The van der Waals surface area contributed by atoms with Gasteiger partial charge in [-0.3, -0.25) is 10.1 Å². The van der Waals surface area contributed by atoms with E-state index in [1.54, 1.807) is 30.3 Å². The van der Waals surface area contributed by atoms with Crippen molar-refractivity contribution in [3.05, 3.63) is 66.5 Å². The van der Waals surface area contributed by atoms with Gasteiger partial charge in [-0.25, -0.2) is 9.78 Å². The highest BCUT2D eigenvalue weighted by Gasteiger charge is 2.27. The van der Waals surface area contributed by atoms with Gasteiger partial charge in [0.25, 0.3) is 5.91 Å². The number of β-amino-alcohol motifs (C(OH)–C–C–N with tert-alkyl or cyclic N) is 1. The average Bonchev–Trinajstić information content (AvgIpc) is 3.54. The summed E-state index contributed by atoms with van der Waals surface area (Å²) in [6.07, 6.45) is 2.93. The number of carbonyl (C=O) groups excluding carboxylic acids is 2. The highest BCUT2D eigenvalue weighted by atomic mass is 16.5. The number of amides is 2. The van der Waals surface area contributed by atoms with Gasteiger partial charge in [0.15, 0.2) is 0 Å². The van der Waals surface area contributed by atoms with Crippen LogP contribution in [0.4, 0.5) is 10.5 Å². The number of aliphatic hydroxyl groups is 1. The number of ether oxygens (including phenoxy) is 2. The molecule has 4 aromatic rings. The Labute approximate surface area is 207 Å². The first-order valence-electron chi connectivity index (χ1n) is 11.6. The molecule has 5 rings (SSSR count). The fourth-order valence-electron chi connectivity index (χ4n) is 4.52. The number of fused-ring (bicyclic) bond motifs is 1. The number of pyridine rings is 1. The summed E-state index contributed by atoms with van der Waals surface area (Å²) in [5, 5.41) is 13.4. The number of aliphatic hydroxyl groups excluding tert-OH is 1. The molecule has 3 heterocycles. The molecule has 0 spiro atoms. The number of nitrogens with zero attached hydrogens (tertiary/aromatic N) is 2. The highest BCUT2D eigenvalue weighted by Crippen LogP contribution is 2.36. The van der Waals surface area contributed by atoms with Gasteiger partial charge in [-0.15, -0.1) is 0 Å². The summed E-state index contributed by atoms with van der Waals surface area (Å²) < 4.78 is 10.3. The number of H-pyrrole nitrogens is 1. The standard InChI is InChI=1S/C27H26N4O5/c1-35-24-6-4-3-5-19(24)22-14-29-25-20(22)12-17(13-28-25)16-7-8-23(30-27(34)36-2)21(11-16)26(33)31-10-9-18(32)15-31/h3-8,11-14,18,32H,9-10,15H2,1-2H3,(H,28,29)(H,30,34). The molecule has 1 fully saturated rings. The van der Waals surface area contributed by atoms with Crippen LogP contribution in [0.2, 0.25) is 0 Å². The Hall–Kier alpha value is -4.37. The molecule has 3 N–H and O–H groups in total. The lowest BCUT2D eigenvalue weighted by atomic mass is 9.99. The van der Waals surface area contributed by atoms with Gasteiger partial charge in [-0.1, -0.05) is 24.3 Å². The lowest BCUT2D eigenvalue weighted by Gasteiger charge is -2.19. The summed E-state index contributed by atoms with van der Waals surface area (Å²) in [6.45, 7) is 0.695. The third kappa shape index (κ3) is 4.36. The third-order valence-corrected chi connectivity index (χ3v) is 6.38. The van der Waals surface area contributed by atoms with Crippen LogP contribution >= 0.6 is 0 Å². The Balaban J connectivity index is 1.58. The van der Waals surface area contributed by atoms with Gasteiger partial charge in [-0.2, -0.15) is 0 Å². The number of carbonyl (C=O) groups is 2. The summed E-state index contributed by atoms with van der Waals surface area (Å²) in [5.74, 6) is 0.480. The van der Waals surface area contributed by atoms with Crippen molar-refractivity contribution in [2.24, 2.45) is 0 Å². The highest BCUT2D eigenvalue weighted by molar-refractivity contribution is 6.04. The SMILES string of the molecule is COC(=O)Nc1ccc(-c2cnc3[nH]cc(-c4ccccc4OC)c3c2)cc1C(=O)N1CCC(O)C1. The van der Waals surface area contributed by atoms with E-state index in [0.717, 1.165) is 39.0 Å². The van der Waals surface area contributed by atoms with Crippen molar-refractivity contribution in [1.82, 2.24) is 14.9 Å². The molecule has 0 saturated carbocycles. The van der Waals surface area contributed by atoms with Crippen molar-refractivity contribution in [3.8, 4) is 28.0 Å². The molecule has 9 heteroatoms. The van der Waals surface area contributed by atoms with Crippen molar-refractivity contribution >= 4 is 28.7 Å². The number of para-hydroxylation sites is 1. The molecule has 0 bridgehead atoms. The summed E-state index contributed by atoms with van der Waals surface area (Å²) in [4.78, 5) is 34.6. The van der Waals surface area contributed by atoms with Crippen LogP contribution in [0, 0.1) is 0 Å². The molecule has 2 aromatic heterocycles. The van der Waals surface area contributed by atoms with Crippen LogP contribution in [-0.4, -0.2) is 65.4 Å². The van der Waals surface area contributed by atoms with E-state index in [0.29, 0.717) is 24.2 Å². The van der Waals surface area contributed by atoms with Crippen LogP contribution in [0.3, 0.4) is 0 Å². The van der Waals surface area contributed by atoms with Gasteiger partial charge in [0, 0.05) is 47.6 Å². The summed E-state index contributed by atoms with van der Waals surface area (Å²) in [7, 11) is 2.90. The molecule has 1 aliphatic heterocycles. The van der Waals surface area contributed by atoms with E-state index in [1.165, 1.54) is 7.11 Å². The van der Waals surface area contributed by atoms with Crippen molar-refractivity contribution in [3.63, 3.8) is 0 Å². The minimum atomic E-state index is -0.671. The second-order valence-corrected chi connectivity index (χ2v) is 8.59. The minimum Gasteiger partial charge on any atom is -0.496 e. The topological polar surface area (TPSA) is 117 Å². The summed E-state index contributed by atoms with van der Waals surface area (Å²) in [6, 6.07) is 15.0. The van der Waals surface area contributed by atoms with Crippen LogP contribution in [0.5, 0.6) is 5.75 Å². The largest absolute Gasteiger partial charge is 0.496 e. The maximum absolute atomic E-state index is 13.3. The van der Waals surface area contributed by atoms with Crippen LogP contribution in [0.25, 0.3) is 33.3 Å². The second-order valence-electron chi connectivity index (χ2n) is 8.59. The van der Waals surface area contributed by atoms with Crippen LogP contribution in [0.1, 0.15) is 16.8 Å². The molecule has 184 valence electrons. The van der Waals surface area contributed by atoms with Gasteiger partial charge in [0.05, 0.1) is 31.6 Å². The number of aromatic amines is 1. The lowest BCUT2D eigenvalue weighted by molar-refractivity contribution is 0.0766. The van der Waals surface area contributed by atoms with E-state index >= 15 is 0 Å². The predicted octanol–water partition coefficient (Wildman–Crippen LogP) is 4.29. The molecule has 1 atom stereocenters. The molecule has 1 unspecified atom stereocenters. The third-order valence-electron chi connectivity index (χ3n) is 6.38. The van der Waals surface area contributed by atoms with Crippen LogP contribution < -0.4 is 10.1 Å². The van der Waals surface area contributed by atoms with Crippen molar-refractivity contribution in [2.45, 2.75) is 12.5 Å². The van der Waals surface area contributed by atoms with Gasteiger partial charge in [-0.05, 0) is 36.2 Å². The Bertz CT molecular complexity index is 1450. The molecule has 36 heavy (non-hydrogen) atoms. The van der Waals surface area contributed by atoms with Crippen molar-refractivity contribution in [2.75, 3.05) is 32.6 Å². The Morgan fingerprint density at radius 2 is 1.94 bits per heavy atom. The molecular weight excluding hydrogens is 460 g/mol. The number of hydrogen-bond donors (Lipinski definition) is 3. The molecule has 2 aromatic carbocycles. The quantitative estimate of drug-likeness (QED) is 0.388. The van der Waals surface area contributed by atoms with E-state index in [-0.39, 0.29) is 12.5 Å². The molecule has 0 radical (unpaired) electrons. The Morgan fingerprint density at radius 1 is 1.11 bits per heavy atom. The maximum Gasteiger partial charge on any atom is 0.411 e. The van der Waals surface area contributed by atoms with Gasteiger partial charge in [0.1, 0.15) is 11.4 Å². The summed E-state index contributed by atoms with van der Waals surface area (Å²) in [5.41, 5.74) is 4.82. The first-order valence-corrected chi connectivity index (χ1v) is 11.6. The predicted molar refractivity (Wildman–Crippen MR) is 136 cm³/mol. The normalized spacial score (nSPS) is 15.2. The minimum absolute atomic E-state index is 0.250. The van der Waals surface area contributed by atoms with Gasteiger partial charge in [0.2, 0.25) is 0 Å². The van der Waals surface area contributed by atoms with E-state index in [1.807, 2.05) is 42.6 Å². The summed E-state index contributed by atoms with van der Waals surface area (Å²) >= 11 is 0. The smallest absolute Gasteiger partial charge is 0.411 e. The molecule has 1 saturated heterocycles. The zero-order valence-electron chi connectivity index (χ0n) is 19.9. The van der Waals surface area contributed by atoms with E-state index in [4.69, 9.17) is 9.47 Å². The number of hydrogen-bond acceptors (Lipinski definition) is 6. The monoisotopic (exact) mass is 486 g/mol. The average molecular weight is 487 g/mol. The Kier molecular flexibility index (Phi) is 6.30. The molecule has 2 amide bonds. The van der Waals surface area contributed by atoms with E-state index < -0.39 is 12.2 Å². The lowest BCUT2D eigenvalue weighted by Crippen LogP contribution is -2.30. The maximum atomic E-state index is 13.3. The van der Waals surface area contributed by atoms with Crippen LogP contribution in [0.15, 0.2) is 60.9 Å². The number of benzene rings is 2. The number of nitrogens with one attached hydrogen (secondary N) is 2. The van der Waals surface area contributed by atoms with Crippen molar-refractivity contribution in [1.29, 1.82) is 0 Å². The van der Waals surface area contributed by atoms with Gasteiger partial charge >= 0.3 is 6.09 Å². The van der Waals surface area contributed by atoms with Crippen molar-refractivity contribution < 1.29 is 24.2 Å². The molecule has 0 aliphatic carbocycles. The first-order chi connectivity index (χ1) is 17.5. The number of aromatic nitrogens is 2.